The molecule has 0 radical (unpaired) electrons. The Balaban J connectivity index is 0.000000561. The fourth-order valence-electron chi connectivity index (χ4n) is 2.02. The number of hydrogen-bond acceptors (Lipinski definition) is 0. The first kappa shape index (κ1) is 12.4. The van der Waals surface area contributed by atoms with Gasteiger partial charge in [0.2, 0.25) is 0 Å². The van der Waals surface area contributed by atoms with Gasteiger partial charge in [-0.15, -0.1) is 9.24 Å². The molecule has 0 saturated heterocycles. The molecule has 74 valence electrons. The highest BCUT2D eigenvalue weighted by Gasteiger charge is 2.23. The minimum absolute atomic E-state index is 0.891. The van der Waals surface area contributed by atoms with Crippen molar-refractivity contribution >= 4 is 9.24 Å². The van der Waals surface area contributed by atoms with Gasteiger partial charge >= 0.3 is 0 Å². The zero-order valence-electron chi connectivity index (χ0n) is 9.14. The minimum Gasteiger partial charge on any atom is -0.134 e. The Kier molecular flexibility index (Phi) is 7.14. The van der Waals surface area contributed by atoms with Crippen molar-refractivity contribution in [2.45, 2.75) is 59.0 Å². The third-order valence-corrected chi connectivity index (χ3v) is 3.56. The highest BCUT2D eigenvalue weighted by Crippen LogP contribution is 2.34. The normalized spacial score (nSPS) is 29.5. The summed E-state index contributed by atoms with van der Waals surface area (Å²) in [6.07, 6.45) is 5.82. The maximum absolute atomic E-state index is 3.01. The zero-order chi connectivity index (χ0) is 9.56. The Morgan fingerprint density at radius 3 is 1.92 bits per heavy atom. The van der Waals surface area contributed by atoms with Crippen molar-refractivity contribution in [3.8, 4) is 0 Å². The molecule has 0 heterocycles. The molecule has 1 rings (SSSR count). The monoisotopic (exact) mass is 188 g/mol. The minimum atomic E-state index is 0.891. The first-order valence-corrected chi connectivity index (χ1v) is 6.14. The molecule has 0 aromatic rings. The molecule has 12 heavy (non-hydrogen) atoms. The molecule has 0 amide bonds. The maximum atomic E-state index is 3.01. The SMILES string of the molecule is CC.CC(C)C1CCCCC1P. The first-order valence-electron chi connectivity index (χ1n) is 5.47. The largest absolute Gasteiger partial charge is 0.134 e. The van der Waals surface area contributed by atoms with Crippen LogP contribution in [0.15, 0.2) is 0 Å². The second-order valence-electron chi connectivity index (χ2n) is 3.86. The van der Waals surface area contributed by atoms with E-state index >= 15 is 0 Å². The van der Waals surface area contributed by atoms with Gasteiger partial charge in [-0.05, 0) is 30.3 Å². The lowest BCUT2D eigenvalue weighted by Crippen LogP contribution is -2.23. The van der Waals surface area contributed by atoms with E-state index < -0.39 is 0 Å². The van der Waals surface area contributed by atoms with E-state index in [-0.39, 0.29) is 0 Å². The van der Waals surface area contributed by atoms with Crippen LogP contribution < -0.4 is 0 Å². The van der Waals surface area contributed by atoms with Gasteiger partial charge in [0.05, 0.1) is 0 Å². The fourth-order valence-corrected chi connectivity index (χ4v) is 2.89. The Hall–Kier alpha value is 0.430. The fraction of sp³-hybridized carbons (Fsp3) is 1.00. The molecule has 0 nitrogen and oxygen atoms in total. The summed E-state index contributed by atoms with van der Waals surface area (Å²) in [4.78, 5) is 0. The summed E-state index contributed by atoms with van der Waals surface area (Å²) < 4.78 is 0. The molecule has 1 aliphatic rings. The number of rotatable bonds is 1. The van der Waals surface area contributed by atoms with Crippen molar-refractivity contribution in [2.75, 3.05) is 0 Å². The van der Waals surface area contributed by atoms with Crippen LogP contribution >= 0.6 is 9.24 Å². The van der Waals surface area contributed by atoms with Crippen molar-refractivity contribution in [3.05, 3.63) is 0 Å². The van der Waals surface area contributed by atoms with Crippen molar-refractivity contribution in [1.82, 2.24) is 0 Å². The van der Waals surface area contributed by atoms with Crippen LogP contribution in [0.3, 0.4) is 0 Å². The lowest BCUT2D eigenvalue weighted by molar-refractivity contribution is 0.289. The molecule has 0 N–H and O–H groups in total. The predicted molar refractivity (Wildman–Crippen MR) is 61.6 cm³/mol. The van der Waals surface area contributed by atoms with Gasteiger partial charge < -0.3 is 0 Å². The second kappa shape index (κ2) is 6.89. The molecule has 0 aromatic carbocycles. The van der Waals surface area contributed by atoms with Crippen molar-refractivity contribution in [3.63, 3.8) is 0 Å². The van der Waals surface area contributed by atoms with E-state index in [0.29, 0.717) is 0 Å². The highest BCUT2D eigenvalue weighted by atomic mass is 31.0. The molecule has 0 aliphatic heterocycles. The van der Waals surface area contributed by atoms with E-state index in [0.717, 1.165) is 17.5 Å². The van der Waals surface area contributed by atoms with E-state index in [1.807, 2.05) is 13.8 Å². The summed E-state index contributed by atoms with van der Waals surface area (Å²) in [6.45, 7) is 8.71. The van der Waals surface area contributed by atoms with Gasteiger partial charge in [0, 0.05) is 0 Å². The summed E-state index contributed by atoms with van der Waals surface area (Å²) in [6, 6.07) is 0. The van der Waals surface area contributed by atoms with Crippen LogP contribution in [0.1, 0.15) is 53.4 Å². The average molecular weight is 188 g/mol. The predicted octanol–water partition coefficient (Wildman–Crippen LogP) is 4.10. The van der Waals surface area contributed by atoms with Crippen molar-refractivity contribution in [1.29, 1.82) is 0 Å². The molecule has 0 aromatic heterocycles. The standard InChI is InChI=1S/C9H19P.C2H6/c1-7(2)8-5-3-4-6-9(8)10;1-2/h7-9H,3-6,10H2,1-2H3;1-2H3. The Bertz CT molecular complexity index is 99.2. The van der Waals surface area contributed by atoms with Crippen LogP contribution in [0.2, 0.25) is 0 Å². The molecule has 1 heteroatoms. The van der Waals surface area contributed by atoms with Gasteiger partial charge in [-0.1, -0.05) is 40.5 Å². The van der Waals surface area contributed by atoms with Crippen molar-refractivity contribution in [2.24, 2.45) is 11.8 Å². The molecule has 1 aliphatic carbocycles. The molecule has 1 fully saturated rings. The molecular formula is C11H25P. The highest BCUT2D eigenvalue weighted by molar-refractivity contribution is 7.17. The van der Waals surface area contributed by atoms with Crippen LogP contribution in [0.5, 0.6) is 0 Å². The van der Waals surface area contributed by atoms with E-state index in [2.05, 4.69) is 23.1 Å². The van der Waals surface area contributed by atoms with Gasteiger partial charge in [0.1, 0.15) is 0 Å². The summed E-state index contributed by atoms with van der Waals surface area (Å²) >= 11 is 0. The maximum Gasteiger partial charge on any atom is -0.0233 e. The van der Waals surface area contributed by atoms with E-state index in [1.54, 1.807) is 0 Å². The third-order valence-electron chi connectivity index (χ3n) is 2.73. The quantitative estimate of drug-likeness (QED) is 0.543. The topological polar surface area (TPSA) is 0 Å². The smallest absolute Gasteiger partial charge is 0.0233 e. The molecule has 3 atom stereocenters. The molecular weight excluding hydrogens is 163 g/mol. The number of hydrogen-bond donors (Lipinski definition) is 0. The molecule has 0 bridgehead atoms. The van der Waals surface area contributed by atoms with E-state index in [1.165, 1.54) is 25.7 Å². The average Bonchev–Trinajstić information content (AvgIpc) is 2.08. The summed E-state index contributed by atoms with van der Waals surface area (Å²) in [5.74, 6) is 1.88. The molecule has 0 spiro atoms. The van der Waals surface area contributed by atoms with Crippen LogP contribution in [-0.2, 0) is 0 Å². The summed E-state index contributed by atoms with van der Waals surface area (Å²) in [7, 11) is 3.01. The first-order chi connectivity index (χ1) is 5.72. The van der Waals surface area contributed by atoms with Gasteiger partial charge in [-0.25, -0.2) is 0 Å². The Labute approximate surface area is 80.7 Å². The third kappa shape index (κ3) is 3.90. The molecule has 3 unspecified atom stereocenters. The Morgan fingerprint density at radius 1 is 1.08 bits per heavy atom. The lowest BCUT2D eigenvalue weighted by atomic mass is 9.81. The Morgan fingerprint density at radius 2 is 1.58 bits per heavy atom. The van der Waals surface area contributed by atoms with Gasteiger partial charge in [-0.2, -0.15) is 0 Å². The van der Waals surface area contributed by atoms with Gasteiger partial charge in [-0.3, -0.25) is 0 Å². The molecule has 1 saturated carbocycles. The lowest BCUT2D eigenvalue weighted by Gasteiger charge is -2.31. The van der Waals surface area contributed by atoms with Crippen LogP contribution in [0.25, 0.3) is 0 Å². The van der Waals surface area contributed by atoms with Gasteiger partial charge in [0.15, 0.2) is 0 Å². The van der Waals surface area contributed by atoms with Crippen LogP contribution in [0.4, 0.5) is 0 Å². The van der Waals surface area contributed by atoms with Gasteiger partial charge in [0.25, 0.3) is 0 Å². The zero-order valence-corrected chi connectivity index (χ0v) is 10.3. The summed E-state index contributed by atoms with van der Waals surface area (Å²) in [5.41, 5.74) is 0.911. The van der Waals surface area contributed by atoms with Crippen LogP contribution in [-0.4, -0.2) is 5.66 Å². The second-order valence-corrected chi connectivity index (χ2v) is 4.71. The summed E-state index contributed by atoms with van der Waals surface area (Å²) in [5, 5.41) is 0. The van der Waals surface area contributed by atoms with E-state index in [4.69, 9.17) is 0 Å². The van der Waals surface area contributed by atoms with Crippen molar-refractivity contribution < 1.29 is 0 Å². The van der Waals surface area contributed by atoms with E-state index in [9.17, 15) is 0 Å². The van der Waals surface area contributed by atoms with Crippen LogP contribution in [0, 0.1) is 11.8 Å².